The number of aryl methyl sites for hydroxylation is 2. The monoisotopic (exact) mass is 475 g/mol. The minimum absolute atomic E-state index is 0.0812. The van der Waals surface area contributed by atoms with Crippen molar-refractivity contribution in [3.05, 3.63) is 41.5 Å². The minimum atomic E-state index is -1.11. The SMILES string of the molecule is C=CC[C@]1(C(=O)OCC)CCC(C)[C@H](CC(CNC(=O)c2cc(C)c(O)c(C)c2)OC(C)=O)O1. The molecule has 2 N–H and O–H groups in total. The summed E-state index contributed by atoms with van der Waals surface area (Å²) in [6, 6.07) is 3.21. The average Bonchev–Trinajstić information content (AvgIpc) is 2.77. The van der Waals surface area contributed by atoms with Crippen molar-refractivity contribution in [3.63, 3.8) is 0 Å². The van der Waals surface area contributed by atoms with Crippen molar-refractivity contribution in [1.29, 1.82) is 0 Å². The molecule has 1 aliphatic rings. The number of phenolic OH excluding ortho intramolecular Hbond substituents is 1. The number of benzene rings is 1. The van der Waals surface area contributed by atoms with Gasteiger partial charge < -0.3 is 24.6 Å². The lowest BCUT2D eigenvalue weighted by atomic mass is 9.82. The molecule has 1 amide bonds. The van der Waals surface area contributed by atoms with E-state index < -0.39 is 23.6 Å². The Labute approximate surface area is 201 Å². The van der Waals surface area contributed by atoms with Crippen LogP contribution in [0.1, 0.15) is 67.9 Å². The van der Waals surface area contributed by atoms with E-state index in [1.807, 2.05) is 6.92 Å². The number of phenols is 1. The molecule has 0 aromatic heterocycles. The number of nitrogens with one attached hydrogen (secondary N) is 1. The third-order valence-electron chi connectivity index (χ3n) is 6.21. The van der Waals surface area contributed by atoms with Crippen molar-refractivity contribution >= 4 is 17.8 Å². The molecule has 8 nitrogen and oxygen atoms in total. The summed E-state index contributed by atoms with van der Waals surface area (Å²) in [4.78, 5) is 37.2. The molecule has 4 atom stereocenters. The van der Waals surface area contributed by atoms with Gasteiger partial charge in [-0.3, -0.25) is 9.59 Å². The smallest absolute Gasteiger partial charge is 0.338 e. The fourth-order valence-electron chi connectivity index (χ4n) is 4.33. The highest BCUT2D eigenvalue weighted by Crippen LogP contribution is 2.38. The van der Waals surface area contributed by atoms with Crippen LogP contribution in [0.5, 0.6) is 5.75 Å². The van der Waals surface area contributed by atoms with Crippen LogP contribution in [0.25, 0.3) is 0 Å². The number of ether oxygens (including phenoxy) is 3. The Morgan fingerprint density at radius 2 is 1.97 bits per heavy atom. The van der Waals surface area contributed by atoms with E-state index in [1.165, 1.54) is 6.92 Å². The number of rotatable bonds is 10. The van der Waals surface area contributed by atoms with E-state index in [0.717, 1.165) is 6.42 Å². The third-order valence-corrected chi connectivity index (χ3v) is 6.21. The van der Waals surface area contributed by atoms with E-state index >= 15 is 0 Å². The van der Waals surface area contributed by atoms with Crippen LogP contribution in [0.2, 0.25) is 0 Å². The van der Waals surface area contributed by atoms with Crippen molar-refractivity contribution in [1.82, 2.24) is 5.32 Å². The molecule has 188 valence electrons. The van der Waals surface area contributed by atoms with Crippen LogP contribution in [0.3, 0.4) is 0 Å². The van der Waals surface area contributed by atoms with E-state index in [2.05, 4.69) is 11.9 Å². The zero-order valence-corrected chi connectivity index (χ0v) is 20.8. The molecule has 1 aromatic rings. The van der Waals surface area contributed by atoms with Crippen LogP contribution in [0.4, 0.5) is 0 Å². The highest BCUT2D eigenvalue weighted by atomic mass is 16.6. The van der Waals surface area contributed by atoms with Crippen LogP contribution < -0.4 is 5.32 Å². The predicted molar refractivity (Wildman–Crippen MR) is 128 cm³/mol. The first-order valence-corrected chi connectivity index (χ1v) is 11.7. The first kappa shape index (κ1) is 27.4. The minimum Gasteiger partial charge on any atom is -0.507 e. The van der Waals surface area contributed by atoms with E-state index in [9.17, 15) is 19.5 Å². The molecule has 2 rings (SSSR count). The lowest BCUT2D eigenvalue weighted by Crippen LogP contribution is -2.52. The van der Waals surface area contributed by atoms with Crippen LogP contribution >= 0.6 is 0 Å². The molecule has 34 heavy (non-hydrogen) atoms. The number of carbonyl (C=O) groups excluding carboxylic acids is 3. The Hall–Kier alpha value is -2.87. The van der Waals surface area contributed by atoms with Gasteiger partial charge in [-0.2, -0.15) is 0 Å². The average molecular weight is 476 g/mol. The van der Waals surface area contributed by atoms with E-state index in [1.54, 1.807) is 39.0 Å². The largest absolute Gasteiger partial charge is 0.507 e. The molecule has 0 bridgehead atoms. The maximum Gasteiger partial charge on any atom is 0.338 e. The lowest BCUT2D eigenvalue weighted by molar-refractivity contribution is -0.200. The van der Waals surface area contributed by atoms with Crippen molar-refractivity contribution < 1.29 is 33.7 Å². The van der Waals surface area contributed by atoms with Crippen molar-refractivity contribution in [3.8, 4) is 5.75 Å². The van der Waals surface area contributed by atoms with Crippen molar-refractivity contribution in [2.45, 2.75) is 78.1 Å². The van der Waals surface area contributed by atoms with Crippen LogP contribution in [-0.4, -0.2) is 53.9 Å². The summed E-state index contributed by atoms with van der Waals surface area (Å²) >= 11 is 0. The topological polar surface area (TPSA) is 111 Å². The Bertz CT molecular complexity index is 889. The fourth-order valence-corrected chi connectivity index (χ4v) is 4.33. The maximum atomic E-state index is 12.7. The molecule has 8 heteroatoms. The Kier molecular flexibility index (Phi) is 9.67. The molecule has 2 unspecified atom stereocenters. The maximum absolute atomic E-state index is 12.7. The van der Waals surface area contributed by atoms with E-state index in [0.29, 0.717) is 36.0 Å². The van der Waals surface area contributed by atoms with Gasteiger partial charge in [0.1, 0.15) is 11.9 Å². The van der Waals surface area contributed by atoms with Gasteiger partial charge >= 0.3 is 11.9 Å². The summed E-state index contributed by atoms with van der Waals surface area (Å²) in [5.74, 6) is -0.955. The van der Waals surface area contributed by atoms with Gasteiger partial charge in [0.25, 0.3) is 5.91 Å². The molecule has 0 aliphatic carbocycles. The van der Waals surface area contributed by atoms with Crippen molar-refractivity contribution in [2.75, 3.05) is 13.2 Å². The molecule has 0 saturated carbocycles. The molecule has 0 spiro atoms. The second kappa shape index (κ2) is 12.0. The lowest BCUT2D eigenvalue weighted by Gasteiger charge is -2.42. The van der Waals surface area contributed by atoms with Gasteiger partial charge in [0.05, 0.1) is 19.3 Å². The van der Waals surface area contributed by atoms with Crippen LogP contribution in [-0.2, 0) is 23.8 Å². The molecule has 1 aliphatic heterocycles. The van der Waals surface area contributed by atoms with Crippen LogP contribution in [0, 0.1) is 19.8 Å². The zero-order chi connectivity index (χ0) is 25.5. The van der Waals surface area contributed by atoms with Gasteiger partial charge in [-0.1, -0.05) is 13.0 Å². The molecule has 1 heterocycles. The van der Waals surface area contributed by atoms with Gasteiger partial charge in [0.15, 0.2) is 5.60 Å². The third kappa shape index (κ3) is 6.82. The van der Waals surface area contributed by atoms with Gasteiger partial charge in [-0.25, -0.2) is 4.79 Å². The highest BCUT2D eigenvalue weighted by molar-refractivity contribution is 5.94. The summed E-state index contributed by atoms with van der Waals surface area (Å²) in [5.41, 5.74) is 0.497. The number of esters is 2. The standard InChI is InChI=1S/C26H37NO7/c1-7-10-26(25(31)32-8-2)11-9-16(3)22(34-26)14-21(33-19(6)28)15-27-24(30)20-12-17(4)23(29)18(5)13-20/h7,12-13,16,21-22,29H,1,8-11,14-15H2,2-6H3,(H,27,30)/t16?,21?,22-,26+/m0/s1. The Morgan fingerprint density at radius 1 is 1.32 bits per heavy atom. The highest BCUT2D eigenvalue weighted by Gasteiger charge is 2.47. The summed E-state index contributed by atoms with van der Waals surface area (Å²) in [7, 11) is 0. The molecule has 1 fully saturated rings. The fraction of sp³-hybridized carbons (Fsp3) is 0.577. The quantitative estimate of drug-likeness (QED) is 0.392. The first-order chi connectivity index (χ1) is 16.0. The van der Waals surface area contributed by atoms with E-state index in [4.69, 9.17) is 14.2 Å². The Morgan fingerprint density at radius 3 is 2.53 bits per heavy atom. The number of carbonyl (C=O) groups is 3. The molecule has 1 saturated heterocycles. The number of hydrogen-bond acceptors (Lipinski definition) is 7. The molecule has 1 aromatic carbocycles. The van der Waals surface area contributed by atoms with E-state index in [-0.39, 0.29) is 36.8 Å². The van der Waals surface area contributed by atoms with Gasteiger partial charge in [0, 0.05) is 25.3 Å². The van der Waals surface area contributed by atoms with Crippen molar-refractivity contribution in [2.24, 2.45) is 5.92 Å². The summed E-state index contributed by atoms with van der Waals surface area (Å²) in [5, 5.41) is 12.8. The van der Waals surface area contributed by atoms with Gasteiger partial charge in [-0.05, 0) is 62.8 Å². The zero-order valence-electron chi connectivity index (χ0n) is 20.8. The number of amides is 1. The normalized spacial score (nSPS) is 23.0. The van der Waals surface area contributed by atoms with Gasteiger partial charge in [0.2, 0.25) is 0 Å². The van der Waals surface area contributed by atoms with Crippen LogP contribution in [0.15, 0.2) is 24.8 Å². The summed E-state index contributed by atoms with van der Waals surface area (Å²) in [6.07, 6.45) is 2.52. The Balaban J connectivity index is 2.14. The second-order valence-corrected chi connectivity index (χ2v) is 9.02. The first-order valence-electron chi connectivity index (χ1n) is 11.7. The summed E-state index contributed by atoms with van der Waals surface area (Å²) in [6.45, 7) is 12.6. The second-order valence-electron chi connectivity index (χ2n) is 9.02. The summed E-state index contributed by atoms with van der Waals surface area (Å²) < 4.78 is 17.1. The number of aromatic hydroxyl groups is 1. The molecular weight excluding hydrogens is 438 g/mol. The predicted octanol–water partition coefficient (Wildman–Crippen LogP) is 3.75. The molecular formula is C26H37NO7. The molecule has 0 radical (unpaired) electrons. The van der Waals surface area contributed by atoms with Gasteiger partial charge in [-0.15, -0.1) is 6.58 Å². The number of hydrogen-bond donors (Lipinski definition) is 2.